The van der Waals surface area contributed by atoms with Gasteiger partial charge < -0.3 is 10.3 Å². The number of hydrogen-bond acceptors (Lipinski definition) is 5. The molecule has 1 saturated carbocycles. The number of benzene rings is 1. The highest BCUT2D eigenvalue weighted by atomic mass is 32.2. The Kier molecular flexibility index (Phi) is 5.04. The zero-order chi connectivity index (χ0) is 19.0. The Hall–Kier alpha value is -2.15. The van der Waals surface area contributed by atoms with E-state index >= 15 is 0 Å². The maximum atomic E-state index is 12.7. The lowest BCUT2D eigenvalue weighted by Gasteiger charge is -2.35. The van der Waals surface area contributed by atoms with Crippen LogP contribution in [0.5, 0.6) is 0 Å². The summed E-state index contributed by atoms with van der Waals surface area (Å²) >= 11 is 1.35. The van der Waals surface area contributed by atoms with Gasteiger partial charge in [-0.25, -0.2) is 4.98 Å². The van der Waals surface area contributed by atoms with Crippen LogP contribution in [0.2, 0.25) is 0 Å². The first-order valence-electron chi connectivity index (χ1n) is 9.61. The van der Waals surface area contributed by atoms with Gasteiger partial charge in [-0.1, -0.05) is 56.7 Å². The van der Waals surface area contributed by atoms with Gasteiger partial charge in [0.15, 0.2) is 5.65 Å². The van der Waals surface area contributed by atoms with Gasteiger partial charge in [-0.2, -0.15) is 0 Å². The van der Waals surface area contributed by atoms with E-state index in [1.807, 2.05) is 31.2 Å². The van der Waals surface area contributed by atoms with Crippen molar-refractivity contribution in [1.82, 2.24) is 25.5 Å². The van der Waals surface area contributed by atoms with Crippen molar-refractivity contribution in [3.63, 3.8) is 0 Å². The molecule has 6 nitrogen and oxygen atoms in total. The predicted octanol–water partition coefficient (Wildman–Crippen LogP) is 3.93. The van der Waals surface area contributed by atoms with Crippen LogP contribution in [0.4, 0.5) is 0 Å². The largest absolute Gasteiger partial charge is 0.352 e. The average molecular weight is 384 g/mol. The fourth-order valence-electron chi connectivity index (χ4n) is 3.85. The summed E-state index contributed by atoms with van der Waals surface area (Å²) in [6.45, 7) is 6.41. The molecule has 2 aromatic heterocycles. The molecule has 1 amide bonds. The van der Waals surface area contributed by atoms with Crippen molar-refractivity contribution in [2.75, 3.05) is 0 Å². The third kappa shape index (κ3) is 3.65. The highest BCUT2D eigenvalue weighted by Gasteiger charge is 2.29. The van der Waals surface area contributed by atoms with Crippen molar-refractivity contribution in [2.24, 2.45) is 11.8 Å². The minimum atomic E-state index is -0.266. The Labute approximate surface area is 162 Å². The van der Waals surface area contributed by atoms with E-state index < -0.39 is 0 Å². The molecule has 1 aliphatic rings. The van der Waals surface area contributed by atoms with Gasteiger partial charge in [0.2, 0.25) is 11.1 Å². The summed E-state index contributed by atoms with van der Waals surface area (Å²) < 4.78 is 0. The van der Waals surface area contributed by atoms with Crippen LogP contribution >= 0.6 is 11.8 Å². The van der Waals surface area contributed by atoms with Gasteiger partial charge in [0.1, 0.15) is 5.52 Å². The Bertz CT molecular complexity index is 971. The molecule has 0 unspecified atom stereocenters. The summed E-state index contributed by atoms with van der Waals surface area (Å²) in [5, 5.41) is 13.0. The van der Waals surface area contributed by atoms with E-state index in [0.717, 1.165) is 22.8 Å². The maximum absolute atomic E-state index is 12.7. The second kappa shape index (κ2) is 7.46. The molecule has 0 saturated heterocycles. The highest BCUT2D eigenvalue weighted by molar-refractivity contribution is 8.00. The molecule has 7 heteroatoms. The molecule has 0 spiro atoms. The van der Waals surface area contributed by atoms with Gasteiger partial charge in [0, 0.05) is 16.9 Å². The van der Waals surface area contributed by atoms with E-state index in [1.165, 1.54) is 24.6 Å². The van der Waals surface area contributed by atoms with Gasteiger partial charge in [-0.3, -0.25) is 4.79 Å². The van der Waals surface area contributed by atoms with E-state index in [2.05, 4.69) is 39.3 Å². The van der Waals surface area contributed by atoms with Gasteiger partial charge >= 0.3 is 0 Å². The Balaban J connectivity index is 1.46. The summed E-state index contributed by atoms with van der Waals surface area (Å²) in [5.41, 5.74) is 2.45. The second-order valence-electron chi connectivity index (χ2n) is 7.60. The van der Waals surface area contributed by atoms with Crippen LogP contribution < -0.4 is 5.32 Å². The summed E-state index contributed by atoms with van der Waals surface area (Å²) in [4.78, 5) is 20.5. The quantitative estimate of drug-likeness (QED) is 0.667. The number of carbonyl (C=O) groups excluding carboxylic acids is 1. The lowest BCUT2D eigenvalue weighted by atomic mass is 9.78. The van der Waals surface area contributed by atoms with Gasteiger partial charge in [0.25, 0.3) is 0 Å². The van der Waals surface area contributed by atoms with Crippen LogP contribution in [0.15, 0.2) is 29.4 Å². The van der Waals surface area contributed by atoms with Crippen LogP contribution in [0.1, 0.15) is 40.0 Å². The number of hydrogen-bond donors (Lipinski definition) is 2. The minimum Gasteiger partial charge on any atom is -0.352 e. The summed E-state index contributed by atoms with van der Waals surface area (Å²) in [6, 6.07) is 8.20. The molecular formula is C20H25N5OS. The van der Waals surface area contributed by atoms with Crippen LogP contribution in [0, 0.1) is 11.8 Å². The standard InChI is InChI=1S/C20H25N5OS/c1-11-7-6-10-15(12(11)2)22-19(26)13(3)27-20-23-18-17(24-25-20)14-8-4-5-9-16(14)21-18/h4-5,8-9,11-13,15H,6-7,10H2,1-3H3,(H,22,26)(H,21,23,25)/t11-,12+,13+,15-/m0/s1. The van der Waals surface area contributed by atoms with Crippen LogP contribution in [0.3, 0.4) is 0 Å². The third-order valence-corrected chi connectivity index (χ3v) is 6.74. The predicted molar refractivity (Wildman–Crippen MR) is 109 cm³/mol. The van der Waals surface area contributed by atoms with Gasteiger partial charge in [-0.05, 0) is 31.2 Å². The molecule has 0 radical (unpaired) electrons. The van der Waals surface area contributed by atoms with Crippen molar-refractivity contribution < 1.29 is 4.79 Å². The number of para-hydroxylation sites is 1. The van der Waals surface area contributed by atoms with E-state index in [9.17, 15) is 4.79 Å². The number of nitrogens with zero attached hydrogens (tertiary/aromatic N) is 3. The number of H-pyrrole nitrogens is 1. The number of aromatic amines is 1. The van der Waals surface area contributed by atoms with Crippen LogP contribution in [-0.4, -0.2) is 37.4 Å². The number of nitrogens with one attached hydrogen (secondary N) is 2. The van der Waals surface area contributed by atoms with Crippen LogP contribution in [-0.2, 0) is 4.79 Å². The molecular weight excluding hydrogens is 358 g/mol. The van der Waals surface area contributed by atoms with Crippen molar-refractivity contribution >= 4 is 39.7 Å². The van der Waals surface area contributed by atoms with E-state index in [-0.39, 0.29) is 17.2 Å². The Morgan fingerprint density at radius 2 is 2.07 bits per heavy atom. The fraction of sp³-hybridized carbons (Fsp3) is 0.500. The van der Waals surface area contributed by atoms with Gasteiger partial charge in [-0.15, -0.1) is 10.2 Å². The van der Waals surface area contributed by atoms with Crippen molar-refractivity contribution in [2.45, 2.75) is 56.5 Å². The molecule has 3 aromatic rings. The third-order valence-electron chi connectivity index (χ3n) is 5.79. The number of fused-ring (bicyclic) bond motifs is 3. The average Bonchev–Trinajstić information content (AvgIpc) is 3.03. The zero-order valence-electron chi connectivity index (χ0n) is 15.9. The first-order chi connectivity index (χ1) is 13.0. The van der Waals surface area contributed by atoms with Crippen molar-refractivity contribution in [3.8, 4) is 0 Å². The number of thioether (sulfide) groups is 1. The summed E-state index contributed by atoms with van der Waals surface area (Å²) in [5.74, 6) is 1.22. The first-order valence-corrected chi connectivity index (χ1v) is 10.5. The molecule has 1 aromatic carbocycles. The molecule has 142 valence electrons. The summed E-state index contributed by atoms with van der Waals surface area (Å²) in [6.07, 6.45) is 3.50. The van der Waals surface area contributed by atoms with E-state index in [1.54, 1.807) is 0 Å². The second-order valence-corrected chi connectivity index (χ2v) is 8.91. The molecule has 4 rings (SSSR count). The molecule has 1 fully saturated rings. The van der Waals surface area contributed by atoms with Crippen molar-refractivity contribution in [3.05, 3.63) is 24.3 Å². The lowest BCUT2D eigenvalue weighted by Crippen LogP contribution is -2.46. The van der Waals surface area contributed by atoms with Crippen LogP contribution in [0.25, 0.3) is 22.1 Å². The Morgan fingerprint density at radius 3 is 2.93 bits per heavy atom. The smallest absolute Gasteiger partial charge is 0.233 e. The zero-order valence-corrected chi connectivity index (χ0v) is 16.7. The summed E-state index contributed by atoms with van der Waals surface area (Å²) in [7, 11) is 0. The number of carbonyl (C=O) groups is 1. The molecule has 2 N–H and O–H groups in total. The van der Waals surface area contributed by atoms with E-state index in [4.69, 9.17) is 0 Å². The first kappa shape index (κ1) is 18.2. The topological polar surface area (TPSA) is 83.6 Å². The molecule has 1 aliphatic carbocycles. The molecule has 0 aliphatic heterocycles. The maximum Gasteiger partial charge on any atom is 0.233 e. The molecule has 4 atom stereocenters. The van der Waals surface area contributed by atoms with Gasteiger partial charge in [0.05, 0.1) is 5.25 Å². The molecule has 0 bridgehead atoms. The Morgan fingerprint density at radius 1 is 1.26 bits per heavy atom. The number of rotatable bonds is 4. The normalized spacial score (nSPS) is 24.2. The molecule has 27 heavy (non-hydrogen) atoms. The van der Waals surface area contributed by atoms with E-state index in [0.29, 0.717) is 22.6 Å². The minimum absolute atomic E-state index is 0.0475. The SMILES string of the molecule is C[C@H]1[C@@H](NC(=O)[C@@H](C)Sc2nnc3c(n2)[nH]c2ccccc23)CCC[C@@H]1C. The lowest BCUT2D eigenvalue weighted by molar-refractivity contribution is -0.121. The number of aromatic nitrogens is 4. The highest BCUT2D eigenvalue weighted by Crippen LogP contribution is 2.30. The number of amides is 1. The monoisotopic (exact) mass is 383 g/mol. The van der Waals surface area contributed by atoms with Crippen molar-refractivity contribution in [1.29, 1.82) is 0 Å². The molecule has 2 heterocycles. The fourth-order valence-corrected chi connectivity index (χ4v) is 4.58.